The molecule has 0 bridgehead atoms. The summed E-state index contributed by atoms with van der Waals surface area (Å²) in [6.07, 6.45) is 0. The topological polar surface area (TPSA) is 49.3 Å². The number of aliphatic hydroxyl groups excluding tert-OH is 1. The van der Waals surface area contributed by atoms with Gasteiger partial charge in [0.1, 0.15) is 6.61 Å². The molecule has 0 spiro atoms. The van der Waals surface area contributed by atoms with Crippen molar-refractivity contribution in [3.05, 3.63) is 29.3 Å². The Morgan fingerprint density at radius 1 is 1.53 bits per heavy atom. The van der Waals surface area contributed by atoms with Crippen LogP contribution in [0.4, 0.5) is 5.69 Å². The van der Waals surface area contributed by atoms with Gasteiger partial charge in [0.2, 0.25) is 5.91 Å². The molecule has 0 fully saturated rings. The lowest BCUT2D eigenvalue weighted by atomic mass is 10.1. The molecule has 0 aliphatic rings. The Bertz CT molecular complexity index is 427. The second-order valence-electron chi connectivity index (χ2n) is 3.17. The molecule has 0 aliphatic carbocycles. The smallest absolute Gasteiger partial charge is 0.221 e. The molecule has 1 rings (SSSR count). The Morgan fingerprint density at radius 3 is 2.87 bits per heavy atom. The zero-order valence-electron chi connectivity index (χ0n) is 8.79. The summed E-state index contributed by atoms with van der Waals surface area (Å²) in [5, 5.41) is 11.3. The highest BCUT2D eigenvalue weighted by Gasteiger charge is 2.00. The van der Waals surface area contributed by atoms with Crippen LogP contribution in [-0.4, -0.2) is 17.6 Å². The van der Waals surface area contributed by atoms with E-state index in [1.165, 1.54) is 6.92 Å². The van der Waals surface area contributed by atoms with Gasteiger partial charge in [0.05, 0.1) is 0 Å². The number of carbonyl (C=O) groups is 1. The molecule has 15 heavy (non-hydrogen) atoms. The van der Waals surface area contributed by atoms with Crippen LogP contribution in [0.25, 0.3) is 0 Å². The molecule has 0 aromatic heterocycles. The van der Waals surface area contributed by atoms with Crippen LogP contribution in [0.5, 0.6) is 0 Å². The number of hydrogen-bond acceptors (Lipinski definition) is 2. The fourth-order valence-corrected chi connectivity index (χ4v) is 1.17. The molecular formula is C12H13NO2. The minimum Gasteiger partial charge on any atom is -0.384 e. The van der Waals surface area contributed by atoms with Gasteiger partial charge in [-0.2, -0.15) is 0 Å². The van der Waals surface area contributed by atoms with Crippen molar-refractivity contribution in [2.75, 3.05) is 11.9 Å². The van der Waals surface area contributed by atoms with Crippen molar-refractivity contribution in [3.63, 3.8) is 0 Å². The molecular weight excluding hydrogens is 190 g/mol. The van der Waals surface area contributed by atoms with Crippen LogP contribution in [0, 0.1) is 18.8 Å². The van der Waals surface area contributed by atoms with Crippen LogP contribution in [0.1, 0.15) is 18.1 Å². The van der Waals surface area contributed by atoms with E-state index in [1.807, 2.05) is 19.1 Å². The first kappa shape index (κ1) is 11.3. The third-order valence-corrected chi connectivity index (χ3v) is 1.86. The number of hydrogen-bond donors (Lipinski definition) is 2. The highest BCUT2D eigenvalue weighted by atomic mass is 16.2. The van der Waals surface area contributed by atoms with Crippen molar-refractivity contribution in [1.82, 2.24) is 0 Å². The monoisotopic (exact) mass is 203 g/mol. The summed E-state index contributed by atoms with van der Waals surface area (Å²) in [6.45, 7) is 3.21. The van der Waals surface area contributed by atoms with Crippen LogP contribution < -0.4 is 5.32 Å². The third kappa shape index (κ3) is 3.45. The molecule has 0 heterocycles. The predicted octanol–water partition coefficient (Wildman–Crippen LogP) is 1.30. The molecule has 1 amide bonds. The first-order valence-corrected chi connectivity index (χ1v) is 4.61. The quantitative estimate of drug-likeness (QED) is 0.676. The van der Waals surface area contributed by atoms with Gasteiger partial charge in [-0.15, -0.1) is 0 Å². The van der Waals surface area contributed by atoms with E-state index >= 15 is 0 Å². The van der Waals surface area contributed by atoms with E-state index in [4.69, 9.17) is 5.11 Å². The van der Waals surface area contributed by atoms with Crippen LogP contribution in [0.2, 0.25) is 0 Å². The second-order valence-corrected chi connectivity index (χ2v) is 3.17. The summed E-state index contributed by atoms with van der Waals surface area (Å²) in [5.74, 6) is 5.24. The molecule has 0 saturated heterocycles. The normalized spacial score (nSPS) is 9.00. The van der Waals surface area contributed by atoms with Gasteiger partial charge in [-0.25, -0.2) is 0 Å². The fraction of sp³-hybridized carbons (Fsp3) is 0.250. The molecule has 78 valence electrons. The number of aliphatic hydroxyl groups is 1. The lowest BCUT2D eigenvalue weighted by Gasteiger charge is -2.06. The number of carbonyl (C=O) groups excluding carboxylic acids is 1. The lowest BCUT2D eigenvalue weighted by Crippen LogP contribution is -2.07. The summed E-state index contributed by atoms with van der Waals surface area (Å²) >= 11 is 0. The Labute approximate surface area is 89.1 Å². The largest absolute Gasteiger partial charge is 0.384 e. The number of rotatable bonds is 1. The van der Waals surface area contributed by atoms with E-state index in [0.29, 0.717) is 0 Å². The van der Waals surface area contributed by atoms with Crippen molar-refractivity contribution in [3.8, 4) is 11.8 Å². The Hall–Kier alpha value is -1.79. The first-order chi connectivity index (χ1) is 7.13. The molecule has 3 heteroatoms. The standard InChI is InChI=1S/C12H13NO2/c1-9-5-6-11(4-3-7-14)8-12(9)13-10(2)15/h5-6,8,14H,7H2,1-2H3,(H,13,15). The van der Waals surface area contributed by atoms with Crippen molar-refractivity contribution in [2.24, 2.45) is 0 Å². The average molecular weight is 203 g/mol. The summed E-state index contributed by atoms with van der Waals surface area (Å²) in [5.41, 5.74) is 2.52. The number of amides is 1. The van der Waals surface area contributed by atoms with E-state index in [1.54, 1.807) is 6.07 Å². The number of nitrogens with one attached hydrogen (secondary N) is 1. The van der Waals surface area contributed by atoms with E-state index in [9.17, 15) is 4.79 Å². The molecule has 0 atom stereocenters. The minimum absolute atomic E-state index is 0.106. The van der Waals surface area contributed by atoms with Crippen molar-refractivity contribution < 1.29 is 9.90 Å². The Balaban J connectivity index is 2.99. The van der Waals surface area contributed by atoms with Crippen molar-refractivity contribution in [2.45, 2.75) is 13.8 Å². The molecule has 3 nitrogen and oxygen atoms in total. The maximum absolute atomic E-state index is 10.9. The fourth-order valence-electron chi connectivity index (χ4n) is 1.17. The molecule has 0 aliphatic heterocycles. The van der Waals surface area contributed by atoms with Crippen molar-refractivity contribution in [1.29, 1.82) is 0 Å². The molecule has 0 radical (unpaired) electrons. The maximum Gasteiger partial charge on any atom is 0.221 e. The third-order valence-electron chi connectivity index (χ3n) is 1.86. The number of benzene rings is 1. The van der Waals surface area contributed by atoms with Crippen LogP contribution >= 0.6 is 0 Å². The van der Waals surface area contributed by atoms with Gasteiger partial charge < -0.3 is 10.4 Å². The van der Waals surface area contributed by atoms with Gasteiger partial charge in [0, 0.05) is 18.2 Å². The highest BCUT2D eigenvalue weighted by Crippen LogP contribution is 2.16. The van der Waals surface area contributed by atoms with Gasteiger partial charge in [-0.1, -0.05) is 17.9 Å². The van der Waals surface area contributed by atoms with Crippen LogP contribution in [0.3, 0.4) is 0 Å². The van der Waals surface area contributed by atoms with Gasteiger partial charge in [-0.05, 0) is 24.6 Å². The van der Waals surface area contributed by atoms with Gasteiger partial charge in [0.15, 0.2) is 0 Å². The van der Waals surface area contributed by atoms with E-state index in [0.717, 1.165) is 16.8 Å². The zero-order valence-corrected chi connectivity index (χ0v) is 8.79. The number of aryl methyl sites for hydroxylation is 1. The molecule has 2 N–H and O–H groups in total. The van der Waals surface area contributed by atoms with Crippen LogP contribution in [-0.2, 0) is 4.79 Å². The van der Waals surface area contributed by atoms with Crippen LogP contribution in [0.15, 0.2) is 18.2 Å². The second kappa shape index (κ2) is 5.18. The summed E-state index contributed by atoms with van der Waals surface area (Å²) < 4.78 is 0. The number of anilines is 1. The first-order valence-electron chi connectivity index (χ1n) is 4.61. The summed E-state index contributed by atoms with van der Waals surface area (Å²) in [6, 6.07) is 5.52. The van der Waals surface area contributed by atoms with Gasteiger partial charge in [-0.3, -0.25) is 4.79 Å². The van der Waals surface area contributed by atoms with Gasteiger partial charge >= 0.3 is 0 Å². The average Bonchev–Trinajstić information content (AvgIpc) is 2.18. The predicted molar refractivity (Wildman–Crippen MR) is 59.4 cm³/mol. The van der Waals surface area contributed by atoms with E-state index in [-0.39, 0.29) is 12.5 Å². The highest BCUT2D eigenvalue weighted by molar-refractivity contribution is 5.89. The molecule has 0 unspecified atom stereocenters. The Morgan fingerprint density at radius 2 is 2.27 bits per heavy atom. The van der Waals surface area contributed by atoms with E-state index < -0.39 is 0 Å². The zero-order chi connectivity index (χ0) is 11.3. The SMILES string of the molecule is CC(=O)Nc1cc(C#CCO)ccc1C. The molecule has 0 saturated carbocycles. The Kier molecular flexibility index (Phi) is 3.90. The van der Waals surface area contributed by atoms with Gasteiger partial charge in [0.25, 0.3) is 0 Å². The van der Waals surface area contributed by atoms with Crippen molar-refractivity contribution >= 4 is 11.6 Å². The maximum atomic E-state index is 10.9. The molecule has 1 aromatic rings. The minimum atomic E-state index is -0.163. The summed E-state index contributed by atoms with van der Waals surface area (Å²) in [7, 11) is 0. The summed E-state index contributed by atoms with van der Waals surface area (Å²) in [4.78, 5) is 10.9. The van der Waals surface area contributed by atoms with E-state index in [2.05, 4.69) is 17.2 Å². The lowest BCUT2D eigenvalue weighted by molar-refractivity contribution is -0.114. The molecule has 1 aromatic carbocycles.